The zero-order chi connectivity index (χ0) is 71.3. The first-order valence-electron chi connectivity index (χ1n) is 29.0. The van der Waals surface area contributed by atoms with Gasteiger partial charge in [0.1, 0.15) is 134 Å². The summed E-state index contributed by atoms with van der Waals surface area (Å²) in [4.78, 5) is 75.8. The second-order valence-electron chi connectivity index (χ2n) is 23.1. The number of aliphatic hydroxyl groups excluding tert-OH is 17. The number of rotatable bonds is 28. The monoisotopic (exact) mass is 1410 g/mol. The van der Waals surface area contributed by atoms with Crippen molar-refractivity contribution in [2.75, 3.05) is 39.6 Å². The molecule has 95 heavy (non-hydrogen) atoms. The first kappa shape index (κ1) is 79.6. The molecular formula is C50H82N4O40S. The minimum absolute atomic E-state index is 0.855. The molecule has 6 rings (SSSR count). The lowest BCUT2D eigenvalue weighted by Gasteiger charge is -2.51. The fourth-order valence-electron chi connectivity index (χ4n) is 11.6. The fraction of sp³-hybridized carbons (Fsp3) is 0.880. The van der Waals surface area contributed by atoms with Gasteiger partial charge in [-0.25, -0.2) is 13.8 Å². The minimum Gasteiger partial charge on any atom is -0.477 e. The predicted octanol–water partition coefficient (Wildman–Crippen LogP) is -15.3. The number of carboxylic acid groups (broad SMARTS) is 2. The van der Waals surface area contributed by atoms with Gasteiger partial charge in [0, 0.05) is 40.5 Å². The Kier molecular flexibility index (Phi) is 27.8. The summed E-state index contributed by atoms with van der Waals surface area (Å²) in [6.07, 6.45) is -60.6. The van der Waals surface area contributed by atoms with Crippen molar-refractivity contribution < 1.29 is 195 Å². The zero-order valence-corrected chi connectivity index (χ0v) is 51.3. The number of carboxylic acids is 2. The highest BCUT2D eigenvalue weighted by Gasteiger charge is 2.63. The summed E-state index contributed by atoms with van der Waals surface area (Å²) < 4.78 is 100. The lowest BCUT2D eigenvalue weighted by atomic mass is 9.88. The van der Waals surface area contributed by atoms with Crippen LogP contribution in [-0.4, -0.2) is 380 Å². The maximum absolute atomic E-state index is 13.2. The van der Waals surface area contributed by atoms with Crippen LogP contribution >= 0.6 is 0 Å². The van der Waals surface area contributed by atoms with Gasteiger partial charge in [-0.1, -0.05) is 0 Å². The molecule has 0 aromatic carbocycles. The molecular weight excluding hydrogens is 1330 g/mol. The topological polar surface area (TPSA) is 700 Å². The summed E-state index contributed by atoms with van der Waals surface area (Å²) in [5.74, 6) is -14.6. The van der Waals surface area contributed by atoms with Gasteiger partial charge in [-0.15, -0.1) is 0 Å². The van der Waals surface area contributed by atoms with Gasteiger partial charge in [0.05, 0.1) is 63.9 Å². The molecule has 0 aliphatic carbocycles. The lowest BCUT2D eigenvalue weighted by Crippen LogP contribution is -2.71. The Hall–Kier alpha value is -4.43. The molecule has 0 bridgehead atoms. The van der Waals surface area contributed by atoms with Gasteiger partial charge in [0.15, 0.2) is 25.2 Å². The van der Waals surface area contributed by atoms with Gasteiger partial charge in [-0.3, -0.25) is 23.7 Å². The third kappa shape index (κ3) is 18.5. The largest absolute Gasteiger partial charge is 0.477 e. The summed E-state index contributed by atoms with van der Waals surface area (Å²) >= 11 is 0. The number of aliphatic hydroxyl groups is 17. The van der Waals surface area contributed by atoms with Crippen LogP contribution in [0, 0.1) is 0 Å². The van der Waals surface area contributed by atoms with Crippen molar-refractivity contribution in [3.63, 3.8) is 0 Å². The molecule has 0 aromatic heterocycles. The fourth-order valence-corrected chi connectivity index (χ4v) is 11.9. The van der Waals surface area contributed by atoms with Crippen LogP contribution in [0.5, 0.6) is 0 Å². The molecule has 24 N–H and O–H groups in total. The molecule has 0 unspecified atom stereocenters. The molecule has 0 saturated carbocycles. The van der Waals surface area contributed by atoms with E-state index in [1.165, 1.54) is 0 Å². The van der Waals surface area contributed by atoms with Crippen molar-refractivity contribution in [1.82, 2.24) is 21.3 Å². The first-order valence-corrected chi connectivity index (χ1v) is 30.4. The molecule has 6 heterocycles. The van der Waals surface area contributed by atoms with Crippen LogP contribution in [0.25, 0.3) is 0 Å². The highest BCUT2D eigenvalue weighted by Crippen LogP contribution is 2.41. The minimum atomic E-state index is -5.45. The van der Waals surface area contributed by atoms with Crippen LogP contribution in [0.15, 0.2) is 0 Å². The number of carbonyl (C=O) groups excluding carboxylic acids is 4. The number of ether oxygens (including phenoxy) is 11. The summed E-state index contributed by atoms with van der Waals surface area (Å²) in [7, 11) is -5.45. The Morgan fingerprint density at radius 2 is 0.863 bits per heavy atom. The Labute approximate surface area is 536 Å². The molecule has 4 amide bonds. The summed E-state index contributed by atoms with van der Waals surface area (Å²) in [6, 6.07) is -7.34. The number of hydrogen-bond acceptors (Lipinski definition) is 37. The van der Waals surface area contributed by atoms with E-state index in [2.05, 4.69) is 25.5 Å². The van der Waals surface area contributed by atoms with Crippen LogP contribution in [0.3, 0.4) is 0 Å². The summed E-state index contributed by atoms with van der Waals surface area (Å²) in [5.41, 5.74) is 0. The van der Waals surface area contributed by atoms with Crippen molar-refractivity contribution in [2.24, 2.45) is 0 Å². The second-order valence-corrected chi connectivity index (χ2v) is 24.2. The number of aliphatic carboxylic acids is 2. The van der Waals surface area contributed by atoms with E-state index >= 15 is 0 Å². The van der Waals surface area contributed by atoms with Gasteiger partial charge >= 0.3 is 22.3 Å². The molecule has 548 valence electrons. The maximum atomic E-state index is 13.2. The highest BCUT2D eigenvalue weighted by molar-refractivity contribution is 7.80. The van der Waals surface area contributed by atoms with Gasteiger partial charge in [0.2, 0.25) is 23.6 Å². The summed E-state index contributed by atoms with van der Waals surface area (Å²) in [5, 5.41) is 217. The molecule has 45 heteroatoms. The van der Waals surface area contributed by atoms with E-state index in [0.29, 0.717) is 0 Å². The molecule has 0 aromatic rings. The van der Waals surface area contributed by atoms with Crippen LogP contribution in [0.2, 0.25) is 0 Å². The number of amides is 4. The third-order valence-electron chi connectivity index (χ3n) is 16.2. The van der Waals surface area contributed by atoms with Crippen molar-refractivity contribution in [3.8, 4) is 0 Å². The molecule has 6 saturated heterocycles. The van der Waals surface area contributed by atoms with E-state index in [-0.39, 0.29) is 0 Å². The number of hydrogen-bond donors (Lipinski definition) is 24. The quantitative estimate of drug-likeness (QED) is 0.0324. The van der Waals surface area contributed by atoms with E-state index in [0.717, 1.165) is 27.7 Å². The van der Waals surface area contributed by atoms with E-state index in [4.69, 9.17) is 52.1 Å². The number of nitrogens with one attached hydrogen (secondary N) is 4. The average Bonchev–Trinajstić information content (AvgIpc) is 0.760. The Bertz CT molecular complexity index is 2710. The number of carbonyl (C=O) groups is 6. The maximum Gasteiger partial charge on any atom is 0.397 e. The van der Waals surface area contributed by atoms with E-state index in [1.54, 1.807) is 0 Å². The van der Waals surface area contributed by atoms with Crippen molar-refractivity contribution in [1.29, 1.82) is 0 Å². The third-order valence-corrected chi connectivity index (χ3v) is 16.6. The van der Waals surface area contributed by atoms with Crippen LogP contribution in [0.4, 0.5) is 0 Å². The predicted molar refractivity (Wildman–Crippen MR) is 290 cm³/mol. The molecule has 0 radical (unpaired) electrons. The lowest BCUT2D eigenvalue weighted by molar-refractivity contribution is -0.384. The smallest absolute Gasteiger partial charge is 0.397 e. The van der Waals surface area contributed by atoms with Crippen molar-refractivity contribution in [3.05, 3.63) is 0 Å². The molecule has 32 atom stereocenters. The van der Waals surface area contributed by atoms with Gasteiger partial charge in [-0.2, -0.15) is 8.42 Å². The Morgan fingerprint density at radius 3 is 1.27 bits per heavy atom. The van der Waals surface area contributed by atoms with Crippen LogP contribution in [-0.2, 0) is 95.5 Å². The standard InChI is InChI=1S/C50H82N4O40S/c1-13(59)51-25-17(63)5-49(47(76)77,91-39(25)29(67)19(65)7-55)93-41-31(69)21(9-57)86-45(35(41)73)89-37-22(10-58)87-44(27(34(37)72)53-15(3)61)83-11-23-32(70)38(28(43(75)85-23)54-16(4)62)90-46-36(74)42(33(71)24(88-46)12-84-95(80,81)82)94-50(48(78)79)6-18(64)26(52-14(2)60)40(92-50)30(68)20(66)8-56/h17-46,55-58,63-75H,5-12H2,1-4H3,(H,51,59)(H,52,60)(H,53,61)(H,54,62)(H,76,77)(H,78,79)(H,80,81,82)/t17-,18-,19+,20+,21+,22+,23+,24+,25+,26+,27+,28+,29+,30+,31-,32-,33-,34+,35+,36+,37+,38+,39+,40+,41-,42-,43+,44+,45-,46-,49-,50-/m0/s1. The molecule has 0 spiro atoms. The normalized spacial score (nSPS) is 42.3. The van der Waals surface area contributed by atoms with E-state index in [1.807, 2.05) is 0 Å². The summed E-state index contributed by atoms with van der Waals surface area (Å²) in [6.45, 7) is -3.55. The first-order chi connectivity index (χ1) is 44.3. The van der Waals surface area contributed by atoms with E-state index in [9.17, 15) is 139 Å². The SMILES string of the molecule is CC(=O)N[C@@H]1[C@@H](O[C@@H]2O[C@H](COS(=O)(=O)O)[C@H](O)[C@H](O[C@]3(C(=O)O)C[C@H](O)[C@@H](NC(C)=O)[C@H]([C@H](O)[C@H](O)CO)O3)[C@H]2O)[C@@H](O)[C@@H](CO[C@@H]2O[C@H](CO)[C@@H](O[C@@H]3O[C@H](CO)[C@H](O)[C@H](O[C@]4(C(=O)O)C[C@H](O)[C@@H](NC(C)=O)[C@H]([C@H](O)[C@H](O)CO)O4)[C@H]3O)[C@H](O)[C@H]2NC(C)=O)O[C@H]1O. The zero-order valence-electron chi connectivity index (χ0n) is 50.5. The average molecular weight is 1410 g/mol. The van der Waals surface area contributed by atoms with Crippen molar-refractivity contribution >= 4 is 46.0 Å². The van der Waals surface area contributed by atoms with Gasteiger partial charge in [0.25, 0.3) is 11.6 Å². The van der Waals surface area contributed by atoms with Crippen LogP contribution in [0.1, 0.15) is 40.5 Å². The molecule has 6 aliphatic heterocycles. The molecule has 44 nitrogen and oxygen atoms in total. The highest BCUT2D eigenvalue weighted by atomic mass is 32.3. The van der Waals surface area contributed by atoms with E-state index < -0.39 is 294 Å². The van der Waals surface area contributed by atoms with Gasteiger partial charge < -0.3 is 170 Å². The second kappa shape index (κ2) is 33.2. The van der Waals surface area contributed by atoms with Gasteiger partial charge in [-0.05, 0) is 0 Å². The molecule has 6 fully saturated rings. The Morgan fingerprint density at radius 1 is 0.484 bits per heavy atom. The molecule has 6 aliphatic rings. The Balaban J connectivity index is 1.26. The van der Waals surface area contributed by atoms with Crippen molar-refractivity contribution in [2.45, 2.75) is 236 Å². The van der Waals surface area contributed by atoms with Crippen LogP contribution < -0.4 is 21.3 Å².